The van der Waals surface area contributed by atoms with Gasteiger partial charge in [-0.15, -0.1) is 10.2 Å². The van der Waals surface area contributed by atoms with E-state index in [4.69, 9.17) is 0 Å². The quantitative estimate of drug-likeness (QED) is 0.653. The second-order valence-corrected chi connectivity index (χ2v) is 7.64. The van der Waals surface area contributed by atoms with Crippen molar-refractivity contribution < 1.29 is 14.0 Å². The molecule has 1 saturated carbocycles. The monoisotopic (exact) mass is 398 g/mol. The van der Waals surface area contributed by atoms with Crippen LogP contribution < -0.4 is 16.0 Å². The summed E-state index contributed by atoms with van der Waals surface area (Å²) in [5.74, 6) is -0.0942. The Labute approximate surface area is 167 Å². The van der Waals surface area contributed by atoms with E-state index in [-0.39, 0.29) is 34.8 Å². The maximum atomic E-state index is 14.2. The second kappa shape index (κ2) is 8.10. The average molecular weight is 398 g/mol. The highest BCUT2D eigenvalue weighted by Gasteiger charge is 2.41. The van der Waals surface area contributed by atoms with Crippen LogP contribution in [0.2, 0.25) is 0 Å². The molecule has 2 amide bonds. The van der Waals surface area contributed by atoms with E-state index >= 15 is 0 Å². The maximum absolute atomic E-state index is 14.2. The Kier molecular flexibility index (Phi) is 5.37. The van der Waals surface area contributed by atoms with Gasteiger partial charge < -0.3 is 16.0 Å². The summed E-state index contributed by atoms with van der Waals surface area (Å²) in [4.78, 5) is 27.6. The van der Waals surface area contributed by atoms with Gasteiger partial charge in [-0.05, 0) is 43.5 Å². The summed E-state index contributed by atoms with van der Waals surface area (Å²) in [7, 11) is 0. The number of hydrogen-bond donors (Lipinski definition) is 3. The number of nitrogens with one attached hydrogen (secondary N) is 3. The van der Waals surface area contributed by atoms with Crippen LogP contribution in [0, 0.1) is 5.82 Å². The predicted molar refractivity (Wildman–Crippen MR) is 104 cm³/mol. The number of aromatic nitrogens is 3. The molecule has 8 nitrogen and oxygen atoms in total. The standard InChI is InChI=1S/C20H23FN6O2/c21-14-3-1-10-22-18(14)20(8-2-9-20)12-24-16-6-5-15(26-27-16)19(29)23-11-13-4-7-17(28)25-13/h1,3,5-6,10,13H,2,4,7-9,11-12H2,(H,23,29)(H,24,27)(H,25,28). The Morgan fingerprint density at radius 1 is 1.28 bits per heavy atom. The van der Waals surface area contributed by atoms with Crippen LogP contribution in [0.25, 0.3) is 0 Å². The second-order valence-electron chi connectivity index (χ2n) is 7.64. The molecule has 2 aromatic rings. The number of pyridine rings is 1. The Hall–Kier alpha value is -3.10. The van der Waals surface area contributed by atoms with Gasteiger partial charge in [0.1, 0.15) is 11.6 Å². The highest BCUT2D eigenvalue weighted by Crippen LogP contribution is 2.43. The Bertz CT molecular complexity index is 900. The highest BCUT2D eigenvalue weighted by atomic mass is 19.1. The third-order valence-electron chi connectivity index (χ3n) is 5.67. The van der Waals surface area contributed by atoms with Gasteiger partial charge in [-0.1, -0.05) is 6.42 Å². The lowest BCUT2D eigenvalue weighted by Crippen LogP contribution is -2.42. The summed E-state index contributed by atoms with van der Waals surface area (Å²) < 4.78 is 14.2. The summed E-state index contributed by atoms with van der Waals surface area (Å²) in [5.41, 5.74) is 0.352. The number of carbonyl (C=O) groups excluding carboxylic acids is 2. The van der Waals surface area contributed by atoms with Crippen molar-refractivity contribution in [2.45, 2.75) is 43.6 Å². The van der Waals surface area contributed by atoms with E-state index in [1.807, 2.05) is 0 Å². The molecule has 2 fully saturated rings. The van der Waals surface area contributed by atoms with Gasteiger partial charge in [0.2, 0.25) is 5.91 Å². The van der Waals surface area contributed by atoms with E-state index in [0.717, 1.165) is 19.3 Å². The van der Waals surface area contributed by atoms with E-state index in [9.17, 15) is 14.0 Å². The molecule has 1 atom stereocenters. The van der Waals surface area contributed by atoms with Crippen molar-refractivity contribution in [3.05, 3.63) is 47.7 Å². The first-order valence-corrected chi connectivity index (χ1v) is 9.82. The van der Waals surface area contributed by atoms with Crippen LogP contribution in [-0.2, 0) is 10.2 Å². The summed E-state index contributed by atoms with van der Waals surface area (Å²) in [6, 6.07) is 6.26. The smallest absolute Gasteiger partial charge is 0.271 e. The number of halogens is 1. The zero-order valence-electron chi connectivity index (χ0n) is 15.9. The summed E-state index contributed by atoms with van der Waals surface area (Å²) in [6.45, 7) is 0.868. The minimum absolute atomic E-state index is 0.00860. The van der Waals surface area contributed by atoms with Crippen molar-refractivity contribution in [2.75, 3.05) is 18.4 Å². The first kappa shape index (κ1) is 19.2. The SMILES string of the molecule is O=C1CCC(CNC(=O)c2ccc(NCC3(c4ncccc4F)CCC3)nn2)N1. The Balaban J connectivity index is 1.33. The van der Waals surface area contributed by atoms with Gasteiger partial charge in [0.05, 0.1) is 5.69 Å². The predicted octanol–water partition coefficient (Wildman–Crippen LogP) is 1.55. The molecule has 3 N–H and O–H groups in total. The molecular weight excluding hydrogens is 375 g/mol. The fraction of sp³-hybridized carbons (Fsp3) is 0.450. The molecule has 1 saturated heterocycles. The largest absolute Gasteiger partial charge is 0.368 e. The van der Waals surface area contributed by atoms with Crippen LogP contribution in [-0.4, -0.2) is 46.1 Å². The molecule has 0 spiro atoms. The lowest BCUT2D eigenvalue weighted by atomic mass is 9.66. The lowest BCUT2D eigenvalue weighted by Gasteiger charge is -2.41. The number of hydrogen-bond acceptors (Lipinski definition) is 6. The molecule has 1 aliphatic carbocycles. The van der Waals surface area contributed by atoms with E-state index < -0.39 is 0 Å². The third-order valence-corrected chi connectivity index (χ3v) is 5.67. The molecule has 4 rings (SSSR count). The lowest BCUT2D eigenvalue weighted by molar-refractivity contribution is -0.119. The normalized spacial score (nSPS) is 19.9. The number of amides is 2. The van der Waals surface area contributed by atoms with Crippen LogP contribution >= 0.6 is 0 Å². The number of anilines is 1. The molecular formula is C20H23FN6O2. The molecule has 0 aromatic carbocycles. The van der Waals surface area contributed by atoms with Gasteiger partial charge in [0, 0.05) is 37.2 Å². The fourth-order valence-electron chi connectivity index (χ4n) is 3.82. The first-order chi connectivity index (χ1) is 14.1. The van der Waals surface area contributed by atoms with Gasteiger partial charge in [-0.3, -0.25) is 14.6 Å². The van der Waals surface area contributed by atoms with Gasteiger partial charge in [0.25, 0.3) is 5.91 Å². The molecule has 0 bridgehead atoms. The topological polar surface area (TPSA) is 109 Å². The van der Waals surface area contributed by atoms with Crippen LogP contribution in [0.15, 0.2) is 30.5 Å². The molecule has 152 valence electrons. The van der Waals surface area contributed by atoms with E-state index in [0.29, 0.717) is 37.4 Å². The van der Waals surface area contributed by atoms with Crippen molar-refractivity contribution in [1.82, 2.24) is 25.8 Å². The van der Waals surface area contributed by atoms with E-state index in [1.54, 1.807) is 24.4 Å². The van der Waals surface area contributed by atoms with Crippen molar-refractivity contribution in [2.24, 2.45) is 0 Å². The molecule has 9 heteroatoms. The zero-order valence-corrected chi connectivity index (χ0v) is 15.9. The molecule has 0 radical (unpaired) electrons. The van der Waals surface area contributed by atoms with E-state index in [1.165, 1.54) is 6.07 Å². The maximum Gasteiger partial charge on any atom is 0.271 e. The Morgan fingerprint density at radius 2 is 2.14 bits per heavy atom. The molecule has 1 aliphatic heterocycles. The number of carbonyl (C=O) groups is 2. The van der Waals surface area contributed by atoms with Crippen molar-refractivity contribution >= 4 is 17.6 Å². The van der Waals surface area contributed by atoms with Crippen LogP contribution in [0.1, 0.15) is 48.3 Å². The zero-order chi connectivity index (χ0) is 20.3. The van der Waals surface area contributed by atoms with Crippen LogP contribution in [0.3, 0.4) is 0 Å². The summed E-state index contributed by atoms with van der Waals surface area (Å²) in [6.07, 6.45) is 5.57. The van der Waals surface area contributed by atoms with Gasteiger partial charge in [-0.2, -0.15) is 0 Å². The highest BCUT2D eigenvalue weighted by molar-refractivity contribution is 5.92. The van der Waals surface area contributed by atoms with Gasteiger partial charge >= 0.3 is 0 Å². The fourth-order valence-corrected chi connectivity index (χ4v) is 3.82. The molecule has 29 heavy (non-hydrogen) atoms. The van der Waals surface area contributed by atoms with Gasteiger partial charge in [0.15, 0.2) is 5.69 Å². The number of rotatable bonds is 7. The molecule has 3 heterocycles. The van der Waals surface area contributed by atoms with Crippen LogP contribution in [0.4, 0.5) is 10.2 Å². The summed E-state index contributed by atoms with van der Waals surface area (Å²) in [5, 5.41) is 16.8. The average Bonchev–Trinajstić information content (AvgIpc) is 3.12. The minimum Gasteiger partial charge on any atom is -0.368 e. The van der Waals surface area contributed by atoms with Crippen molar-refractivity contribution in [3.8, 4) is 0 Å². The van der Waals surface area contributed by atoms with Crippen molar-refractivity contribution in [1.29, 1.82) is 0 Å². The molecule has 1 unspecified atom stereocenters. The van der Waals surface area contributed by atoms with E-state index in [2.05, 4.69) is 31.1 Å². The number of nitrogens with zero attached hydrogens (tertiary/aromatic N) is 3. The molecule has 2 aliphatic rings. The van der Waals surface area contributed by atoms with Gasteiger partial charge in [-0.25, -0.2) is 4.39 Å². The third kappa shape index (κ3) is 4.18. The summed E-state index contributed by atoms with van der Waals surface area (Å²) >= 11 is 0. The minimum atomic E-state index is -0.339. The van der Waals surface area contributed by atoms with Crippen molar-refractivity contribution in [3.63, 3.8) is 0 Å². The molecule has 2 aromatic heterocycles. The Morgan fingerprint density at radius 3 is 2.76 bits per heavy atom. The first-order valence-electron chi connectivity index (χ1n) is 9.82. The van der Waals surface area contributed by atoms with Crippen LogP contribution in [0.5, 0.6) is 0 Å².